The fourth-order valence-electron chi connectivity index (χ4n) is 1.84. The number of benzene rings is 1. The van der Waals surface area contributed by atoms with Gasteiger partial charge in [-0.25, -0.2) is 4.39 Å². The summed E-state index contributed by atoms with van der Waals surface area (Å²) >= 11 is 0. The van der Waals surface area contributed by atoms with Crippen molar-refractivity contribution < 1.29 is 23.4 Å². The third-order valence-corrected chi connectivity index (χ3v) is 2.93. The molecule has 0 radical (unpaired) electrons. The number of amides is 1. The molecule has 1 heterocycles. The highest BCUT2D eigenvalue weighted by Crippen LogP contribution is 2.29. The molecule has 2 rings (SSSR count). The largest absolute Gasteiger partial charge is 0.473 e. The van der Waals surface area contributed by atoms with Crippen molar-refractivity contribution in [3.8, 4) is 5.75 Å². The number of ether oxygens (including phenoxy) is 1. The highest BCUT2D eigenvalue weighted by atomic mass is 19.1. The average Bonchev–Trinajstić information content (AvgIpc) is 2.89. The van der Waals surface area contributed by atoms with Crippen LogP contribution < -0.4 is 10.1 Å². The first kappa shape index (κ1) is 16.4. The second-order valence-electron chi connectivity index (χ2n) is 4.70. The Hall–Kier alpha value is -2.97. The van der Waals surface area contributed by atoms with Gasteiger partial charge in [0.15, 0.2) is 11.9 Å². The van der Waals surface area contributed by atoms with Crippen molar-refractivity contribution in [3.05, 3.63) is 46.0 Å². The van der Waals surface area contributed by atoms with Crippen molar-refractivity contribution in [2.45, 2.75) is 26.4 Å². The molecule has 0 fully saturated rings. The zero-order valence-electron chi connectivity index (χ0n) is 12.4. The van der Waals surface area contributed by atoms with E-state index in [2.05, 4.69) is 10.5 Å². The van der Waals surface area contributed by atoms with Gasteiger partial charge in [-0.3, -0.25) is 14.9 Å². The van der Waals surface area contributed by atoms with Gasteiger partial charge in [0.05, 0.1) is 4.92 Å². The van der Waals surface area contributed by atoms with Crippen LogP contribution in [0.5, 0.6) is 5.75 Å². The maximum atomic E-state index is 13.3. The Bertz CT molecular complexity index is 731. The number of halogens is 1. The van der Waals surface area contributed by atoms with E-state index in [1.165, 1.54) is 6.07 Å². The van der Waals surface area contributed by atoms with Crippen molar-refractivity contribution in [2.75, 3.05) is 5.32 Å². The summed E-state index contributed by atoms with van der Waals surface area (Å²) in [5, 5.41) is 17.0. The van der Waals surface area contributed by atoms with Crippen LogP contribution in [0.1, 0.15) is 19.1 Å². The predicted octanol–water partition coefficient (Wildman–Crippen LogP) is 2.83. The molecule has 0 aliphatic carbocycles. The highest BCUT2D eigenvalue weighted by Gasteiger charge is 2.24. The predicted molar refractivity (Wildman–Crippen MR) is 77.6 cm³/mol. The van der Waals surface area contributed by atoms with Crippen LogP contribution in [0.25, 0.3) is 0 Å². The van der Waals surface area contributed by atoms with E-state index in [1.54, 1.807) is 13.8 Å². The summed E-state index contributed by atoms with van der Waals surface area (Å²) in [7, 11) is 0. The van der Waals surface area contributed by atoms with Gasteiger partial charge in [0, 0.05) is 18.2 Å². The first-order valence-electron chi connectivity index (χ1n) is 6.75. The van der Waals surface area contributed by atoms with Gasteiger partial charge in [0.1, 0.15) is 11.6 Å². The van der Waals surface area contributed by atoms with Crippen molar-refractivity contribution in [2.24, 2.45) is 0 Å². The lowest BCUT2D eigenvalue weighted by atomic mass is 10.2. The first-order valence-corrected chi connectivity index (χ1v) is 6.75. The van der Waals surface area contributed by atoms with Crippen molar-refractivity contribution in [3.63, 3.8) is 0 Å². The van der Waals surface area contributed by atoms with E-state index < -0.39 is 28.4 Å². The smallest absolute Gasteiger partial charge is 0.311 e. The quantitative estimate of drug-likeness (QED) is 0.647. The number of nitro groups is 1. The minimum Gasteiger partial charge on any atom is -0.473 e. The number of aromatic nitrogens is 1. The Morgan fingerprint density at radius 1 is 1.52 bits per heavy atom. The number of aryl methyl sites for hydroxylation is 1. The fraction of sp³-hybridized carbons (Fsp3) is 0.286. The molecule has 23 heavy (non-hydrogen) atoms. The molecule has 0 bridgehead atoms. The van der Waals surface area contributed by atoms with Gasteiger partial charge in [-0.2, -0.15) is 0 Å². The minimum absolute atomic E-state index is 0.197. The van der Waals surface area contributed by atoms with E-state index >= 15 is 0 Å². The van der Waals surface area contributed by atoms with Crippen LogP contribution in [0, 0.1) is 22.9 Å². The summed E-state index contributed by atoms with van der Waals surface area (Å²) in [4.78, 5) is 22.4. The number of nitrogens with zero attached hydrogens (tertiary/aromatic N) is 2. The van der Waals surface area contributed by atoms with Crippen LogP contribution in [0.15, 0.2) is 28.8 Å². The normalized spacial score (nSPS) is 11.8. The number of rotatable bonds is 6. The van der Waals surface area contributed by atoms with Crippen LogP contribution >= 0.6 is 0 Å². The Morgan fingerprint density at radius 2 is 2.26 bits per heavy atom. The number of carbonyl (C=O) groups is 1. The fourth-order valence-corrected chi connectivity index (χ4v) is 1.84. The molecule has 0 aliphatic rings. The molecule has 0 aliphatic heterocycles. The molecular weight excluding hydrogens is 309 g/mol. The van der Waals surface area contributed by atoms with Gasteiger partial charge in [0.25, 0.3) is 5.91 Å². The second kappa shape index (κ2) is 6.86. The Balaban J connectivity index is 2.17. The third kappa shape index (κ3) is 4.02. The van der Waals surface area contributed by atoms with Gasteiger partial charge in [0.2, 0.25) is 5.75 Å². The number of carbonyl (C=O) groups excluding carboxylic acids is 1. The summed E-state index contributed by atoms with van der Waals surface area (Å²) < 4.78 is 23.4. The summed E-state index contributed by atoms with van der Waals surface area (Å²) in [5.41, 5.74) is -0.421. The summed E-state index contributed by atoms with van der Waals surface area (Å²) in [5.74, 6) is -0.876. The number of anilines is 1. The Kier molecular flexibility index (Phi) is 4.89. The molecule has 122 valence electrons. The number of nitrogens with one attached hydrogen (secondary N) is 1. The summed E-state index contributed by atoms with van der Waals surface area (Å²) in [6.07, 6.45) is -0.830. The molecule has 1 unspecified atom stereocenters. The number of nitro benzene ring substituents is 1. The van der Waals surface area contributed by atoms with E-state index in [4.69, 9.17) is 9.26 Å². The third-order valence-electron chi connectivity index (χ3n) is 2.93. The zero-order valence-corrected chi connectivity index (χ0v) is 12.4. The zero-order chi connectivity index (χ0) is 17.0. The molecule has 0 saturated heterocycles. The first-order chi connectivity index (χ1) is 10.9. The highest BCUT2D eigenvalue weighted by molar-refractivity contribution is 5.93. The van der Waals surface area contributed by atoms with Crippen molar-refractivity contribution in [1.82, 2.24) is 5.16 Å². The molecule has 9 heteroatoms. The molecule has 2 aromatic rings. The van der Waals surface area contributed by atoms with Gasteiger partial charge >= 0.3 is 5.69 Å². The monoisotopic (exact) mass is 323 g/mol. The maximum absolute atomic E-state index is 13.3. The lowest BCUT2D eigenvalue weighted by Crippen LogP contribution is -2.32. The molecular formula is C14H14FN3O5. The topological polar surface area (TPSA) is 108 Å². The van der Waals surface area contributed by atoms with E-state index in [9.17, 15) is 19.3 Å². The molecule has 0 saturated carbocycles. The van der Waals surface area contributed by atoms with Gasteiger partial charge < -0.3 is 14.6 Å². The number of hydrogen-bond acceptors (Lipinski definition) is 6. The van der Waals surface area contributed by atoms with Crippen LogP contribution in [0.2, 0.25) is 0 Å². The SMILES string of the molecule is CCC(Oc1cc(F)ccc1[N+](=O)[O-])C(=O)Nc1cc(C)on1. The molecule has 1 amide bonds. The molecule has 1 N–H and O–H groups in total. The summed E-state index contributed by atoms with van der Waals surface area (Å²) in [6, 6.07) is 4.31. The maximum Gasteiger partial charge on any atom is 0.311 e. The van der Waals surface area contributed by atoms with Crippen molar-refractivity contribution in [1.29, 1.82) is 0 Å². The van der Waals surface area contributed by atoms with E-state index in [1.807, 2.05) is 0 Å². The van der Waals surface area contributed by atoms with Gasteiger partial charge in [-0.15, -0.1) is 0 Å². The van der Waals surface area contributed by atoms with Crippen molar-refractivity contribution >= 4 is 17.4 Å². The lowest BCUT2D eigenvalue weighted by Gasteiger charge is -2.16. The molecule has 1 aromatic carbocycles. The van der Waals surface area contributed by atoms with E-state index in [-0.39, 0.29) is 18.0 Å². The van der Waals surface area contributed by atoms with Crippen LogP contribution in [-0.4, -0.2) is 22.1 Å². The molecule has 1 aromatic heterocycles. The summed E-state index contributed by atoms with van der Waals surface area (Å²) in [6.45, 7) is 3.32. The second-order valence-corrected chi connectivity index (χ2v) is 4.70. The Labute approximate surface area is 130 Å². The van der Waals surface area contributed by atoms with E-state index in [0.29, 0.717) is 5.76 Å². The standard InChI is InChI=1S/C14H14FN3O5/c1-3-11(14(19)16-13-6-8(2)23-17-13)22-12-7-9(15)4-5-10(12)18(20)21/h4-7,11H,3H2,1-2H3,(H,16,17,19). The van der Waals surface area contributed by atoms with E-state index in [0.717, 1.165) is 18.2 Å². The van der Waals surface area contributed by atoms with Gasteiger partial charge in [-0.05, 0) is 19.4 Å². The van der Waals surface area contributed by atoms with Crippen LogP contribution in [-0.2, 0) is 4.79 Å². The molecule has 1 atom stereocenters. The van der Waals surface area contributed by atoms with Crippen LogP contribution in [0.3, 0.4) is 0 Å². The lowest BCUT2D eigenvalue weighted by molar-refractivity contribution is -0.386. The van der Waals surface area contributed by atoms with Gasteiger partial charge in [-0.1, -0.05) is 12.1 Å². The Morgan fingerprint density at radius 3 is 2.83 bits per heavy atom. The molecule has 8 nitrogen and oxygen atoms in total. The van der Waals surface area contributed by atoms with Crippen LogP contribution in [0.4, 0.5) is 15.9 Å². The minimum atomic E-state index is -1.05. The number of hydrogen-bond donors (Lipinski definition) is 1. The average molecular weight is 323 g/mol. The molecule has 0 spiro atoms.